The minimum Gasteiger partial charge on any atom is -0.475 e. The van der Waals surface area contributed by atoms with E-state index in [2.05, 4.69) is 10.1 Å². The summed E-state index contributed by atoms with van der Waals surface area (Å²) in [6, 6.07) is 2.69. The Morgan fingerprint density at radius 3 is 2.55 bits per heavy atom. The minimum atomic E-state index is -4.54. The molecular weight excluding hydrogens is 299 g/mol. The van der Waals surface area contributed by atoms with Crippen LogP contribution in [0.25, 0.3) is 5.69 Å². The maximum Gasteiger partial charge on any atom is 0.416 e. The number of hydrogen-bond acceptors (Lipinski definition) is 3. The summed E-state index contributed by atoms with van der Waals surface area (Å²) in [5.74, 6) is -1.78. The fraction of sp³-hybridized carbons (Fsp3) is 0.182. The Morgan fingerprint density at radius 1 is 1.40 bits per heavy atom. The highest BCUT2D eigenvalue weighted by molar-refractivity contribution is 6.32. The van der Waals surface area contributed by atoms with E-state index in [9.17, 15) is 18.0 Å². The van der Waals surface area contributed by atoms with E-state index in [4.69, 9.17) is 16.7 Å². The smallest absolute Gasteiger partial charge is 0.416 e. The standard InChI is InChI=1S/C11H7ClF3N3O2/c1-5-16-9(10(19)20)17-18(5)8-4-6(11(13,14)15)2-3-7(8)12/h2-4H,1H3,(H,19,20). The summed E-state index contributed by atoms with van der Waals surface area (Å²) < 4.78 is 39.0. The molecule has 0 bridgehead atoms. The first-order valence-electron chi connectivity index (χ1n) is 5.24. The fourth-order valence-electron chi connectivity index (χ4n) is 1.56. The molecule has 0 unspecified atom stereocenters. The van der Waals surface area contributed by atoms with Gasteiger partial charge in [0.15, 0.2) is 0 Å². The van der Waals surface area contributed by atoms with Crippen LogP contribution < -0.4 is 0 Å². The number of aromatic carboxylic acids is 1. The highest BCUT2D eigenvalue weighted by Gasteiger charge is 2.31. The first kappa shape index (κ1) is 14.3. The molecule has 0 atom stereocenters. The Kier molecular flexibility index (Phi) is 3.43. The zero-order valence-corrected chi connectivity index (χ0v) is 10.7. The van der Waals surface area contributed by atoms with Crippen molar-refractivity contribution in [1.82, 2.24) is 14.8 Å². The summed E-state index contributed by atoms with van der Waals surface area (Å²) in [5.41, 5.74) is -0.998. The van der Waals surface area contributed by atoms with Gasteiger partial charge in [0.2, 0.25) is 0 Å². The van der Waals surface area contributed by atoms with Crippen molar-refractivity contribution in [1.29, 1.82) is 0 Å². The minimum absolute atomic E-state index is 0.00272. The maximum absolute atomic E-state index is 12.7. The number of aryl methyl sites for hydroxylation is 1. The number of alkyl halides is 3. The normalized spacial score (nSPS) is 11.7. The number of rotatable bonds is 2. The van der Waals surface area contributed by atoms with Gasteiger partial charge in [-0.05, 0) is 25.1 Å². The summed E-state index contributed by atoms with van der Waals surface area (Å²) >= 11 is 5.84. The molecule has 0 saturated heterocycles. The summed E-state index contributed by atoms with van der Waals surface area (Å²) in [7, 11) is 0. The molecule has 2 aromatic rings. The van der Waals surface area contributed by atoms with Crippen molar-refractivity contribution in [3.8, 4) is 5.69 Å². The molecule has 1 heterocycles. The van der Waals surface area contributed by atoms with Gasteiger partial charge in [-0.15, -0.1) is 5.10 Å². The van der Waals surface area contributed by atoms with Gasteiger partial charge < -0.3 is 5.11 Å². The Balaban J connectivity index is 2.60. The van der Waals surface area contributed by atoms with Crippen molar-refractivity contribution in [2.45, 2.75) is 13.1 Å². The van der Waals surface area contributed by atoms with Gasteiger partial charge in [0.1, 0.15) is 5.82 Å². The summed E-state index contributed by atoms with van der Waals surface area (Å²) in [4.78, 5) is 14.4. The van der Waals surface area contributed by atoms with Gasteiger partial charge >= 0.3 is 12.1 Å². The third-order valence-electron chi connectivity index (χ3n) is 2.46. The van der Waals surface area contributed by atoms with Gasteiger partial charge in [-0.1, -0.05) is 11.6 Å². The van der Waals surface area contributed by atoms with Gasteiger partial charge in [0, 0.05) is 0 Å². The molecule has 0 radical (unpaired) electrons. The third kappa shape index (κ3) is 2.60. The second-order valence-corrected chi connectivity index (χ2v) is 4.27. The Hall–Kier alpha value is -2.09. The second-order valence-electron chi connectivity index (χ2n) is 3.86. The molecule has 0 amide bonds. The molecule has 0 saturated carbocycles. The molecule has 0 fully saturated rings. The van der Waals surface area contributed by atoms with Crippen molar-refractivity contribution < 1.29 is 23.1 Å². The van der Waals surface area contributed by atoms with Crippen molar-refractivity contribution in [2.24, 2.45) is 0 Å². The molecule has 1 aromatic heterocycles. The number of nitrogens with zero attached hydrogens (tertiary/aromatic N) is 3. The summed E-state index contributed by atoms with van der Waals surface area (Å²) in [5, 5.41) is 12.4. The Labute approximate surface area is 115 Å². The van der Waals surface area contributed by atoms with Crippen LogP contribution in [0, 0.1) is 6.92 Å². The zero-order valence-electron chi connectivity index (χ0n) is 9.94. The number of halogens is 4. The molecule has 1 aromatic carbocycles. The van der Waals surface area contributed by atoms with Crippen molar-refractivity contribution >= 4 is 17.6 Å². The van der Waals surface area contributed by atoms with Crippen LogP contribution in [0.2, 0.25) is 5.02 Å². The first-order chi connectivity index (χ1) is 9.20. The molecular formula is C11H7ClF3N3O2. The lowest BCUT2D eigenvalue weighted by Gasteiger charge is -2.10. The lowest BCUT2D eigenvalue weighted by molar-refractivity contribution is -0.137. The number of benzene rings is 1. The monoisotopic (exact) mass is 305 g/mol. The number of hydrogen-bond donors (Lipinski definition) is 1. The second kappa shape index (κ2) is 4.78. The number of carbonyl (C=O) groups is 1. The summed E-state index contributed by atoms with van der Waals surface area (Å²) in [6.07, 6.45) is -4.54. The highest BCUT2D eigenvalue weighted by atomic mass is 35.5. The van der Waals surface area contributed by atoms with E-state index in [-0.39, 0.29) is 16.5 Å². The largest absolute Gasteiger partial charge is 0.475 e. The van der Waals surface area contributed by atoms with E-state index in [1.54, 1.807) is 0 Å². The van der Waals surface area contributed by atoms with Crippen LogP contribution in [0.15, 0.2) is 18.2 Å². The third-order valence-corrected chi connectivity index (χ3v) is 2.78. The highest BCUT2D eigenvalue weighted by Crippen LogP contribution is 2.33. The van der Waals surface area contributed by atoms with E-state index < -0.39 is 23.5 Å². The lowest BCUT2D eigenvalue weighted by Crippen LogP contribution is -2.08. The van der Waals surface area contributed by atoms with E-state index in [0.717, 1.165) is 22.9 Å². The quantitative estimate of drug-likeness (QED) is 0.926. The molecule has 106 valence electrons. The Morgan fingerprint density at radius 2 is 2.05 bits per heavy atom. The van der Waals surface area contributed by atoms with Crippen LogP contribution >= 0.6 is 11.6 Å². The van der Waals surface area contributed by atoms with E-state index in [1.807, 2.05) is 0 Å². The number of carboxylic acid groups (broad SMARTS) is 1. The molecule has 0 aliphatic carbocycles. The predicted molar refractivity (Wildman–Crippen MR) is 63.1 cm³/mol. The zero-order chi connectivity index (χ0) is 15.1. The van der Waals surface area contributed by atoms with Crippen LogP contribution in [0.1, 0.15) is 22.0 Å². The molecule has 0 spiro atoms. The van der Waals surface area contributed by atoms with E-state index in [1.165, 1.54) is 6.92 Å². The predicted octanol–water partition coefficient (Wildman–Crippen LogP) is 2.95. The van der Waals surface area contributed by atoms with Gasteiger partial charge in [0.05, 0.1) is 16.3 Å². The molecule has 0 aliphatic rings. The number of carboxylic acids is 1. The van der Waals surface area contributed by atoms with E-state index >= 15 is 0 Å². The van der Waals surface area contributed by atoms with Crippen molar-refractivity contribution in [3.05, 3.63) is 40.4 Å². The Bertz CT molecular complexity index is 682. The number of aromatic nitrogens is 3. The summed E-state index contributed by atoms with van der Waals surface area (Å²) in [6.45, 7) is 1.41. The van der Waals surface area contributed by atoms with Crippen molar-refractivity contribution in [2.75, 3.05) is 0 Å². The van der Waals surface area contributed by atoms with Crippen LogP contribution in [-0.4, -0.2) is 25.8 Å². The lowest BCUT2D eigenvalue weighted by atomic mass is 10.2. The fourth-order valence-corrected chi connectivity index (χ4v) is 1.76. The average molecular weight is 306 g/mol. The molecule has 1 N–H and O–H groups in total. The molecule has 9 heteroatoms. The average Bonchev–Trinajstić information content (AvgIpc) is 2.70. The van der Waals surface area contributed by atoms with Crippen LogP contribution in [0.5, 0.6) is 0 Å². The van der Waals surface area contributed by atoms with Gasteiger partial charge in [0.25, 0.3) is 5.82 Å². The van der Waals surface area contributed by atoms with Gasteiger partial charge in [-0.2, -0.15) is 13.2 Å². The molecule has 5 nitrogen and oxygen atoms in total. The topological polar surface area (TPSA) is 68.0 Å². The van der Waals surface area contributed by atoms with Crippen molar-refractivity contribution in [3.63, 3.8) is 0 Å². The van der Waals surface area contributed by atoms with Crippen LogP contribution in [-0.2, 0) is 6.18 Å². The molecule has 20 heavy (non-hydrogen) atoms. The van der Waals surface area contributed by atoms with Gasteiger partial charge in [-0.25, -0.2) is 14.5 Å². The van der Waals surface area contributed by atoms with Crippen LogP contribution in [0.3, 0.4) is 0 Å². The van der Waals surface area contributed by atoms with E-state index in [0.29, 0.717) is 0 Å². The first-order valence-corrected chi connectivity index (χ1v) is 5.62. The SMILES string of the molecule is Cc1nc(C(=O)O)nn1-c1cc(C(F)(F)F)ccc1Cl. The molecule has 2 rings (SSSR count). The van der Waals surface area contributed by atoms with Crippen LogP contribution in [0.4, 0.5) is 13.2 Å². The maximum atomic E-state index is 12.7. The molecule has 0 aliphatic heterocycles. The van der Waals surface area contributed by atoms with Gasteiger partial charge in [-0.3, -0.25) is 0 Å².